The van der Waals surface area contributed by atoms with Crippen molar-refractivity contribution in [3.63, 3.8) is 0 Å². The molecule has 3 rings (SSSR count). The molecule has 3 aromatic rings. The molecule has 0 atom stereocenters. The monoisotopic (exact) mass is 424 g/mol. The fourth-order valence-corrected chi connectivity index (χ4v) is 5.57. The van der Waals surface area contributed by atoms with Crippen LogP contribution in [0.1, 0.15) is 68.7 Å². The molecule has 3 heteroatoms. The van der Waals surface area contributed by atoms with Gasteiger partial charge in [0.15, 0.2) is 0 Å². The van der Waals surface area contributed by atoms with Crippen LogP contribution >= 0.6 is 23.1 Å². The zero-order chi connectivity index (χ0) is 21.4. The summed E-state index contributed by atoms with van der Waals surface area (Å²) in [5.74, 6) is 0.451. The van der Waals surface area contributed by atoms with Crippen molar-refractivity contribution >= 4 is 23.1 Å². The second-order valence-corrected chi connectivity index (χ2v) is 11.9. The molecule has 0 saturated carbocycles. The summed E-state index contributed by atoms with van der Waals surface area (Å²) in [5, 5.41) is 13.3. The maximum Gasteiger partial charge on any atom is 0.124 e. The van der Waals surface area contributed by atoms with E-state index in [4.69, 9.17) is 0 Å². The Bertz CT molecular complexity index is 970. The van der Waals surface area contributed by atoms with Crippen molar-refractivity contribution < 1.29 is 5.11 Å². The van der Waals surface area contributed by atoms with Crippen molar-refractivity contribution in [2.24, 2.45) is 0 Å². The Morgan fingerprint density at radius 2 is 1.59 bits per heavy atom. The zero-order valence-corrected chi connectivity index (χ0v) is 20.2. The summed E-state index contributed by atoms with van der Waals surface area (Å²) in [6.07, 6.45) is 0.982. The second kappa shape index (κ2) is 8.20. The topological polar surface area (TPSA) is 20.2 Å². The van der Waals surface area contributed by atoms with E-state index in [-0.39, 0.29) is 10.8 Å². The van der Waals surface area contributed by atoms with Gasteiger partial charge in [-0.05, 0) is 58.0 Å². The average molecular weight is 425 g/mol. The molecular weight excluding hydrogens is 392 g/mol. The van der Waals surface area contributed by atoms with E-state index >= 15 is 0 Å². The largest absolute Gasteiger partial charge is 0.507 e. The third kappa shape index (κ3) is 5.07. The molecule has 0 radical (unpaired) electrons. The Kier molecular flexibility index (Phi) is 6.21. The third-order valence-electron chi connectivity index (χ3n) is 5.10. The average Bonchev–Trinajstić information content (AvgIpc) is 3.10. The van der Waals surface area contributed by atoms with Crippen LogP contribution < -0.4 is 0 Å². The van der Waals surface area contributed by atoms with Crippen molar-refractivity contribution in [1.82, 2.24) is 0 Å². The van der Waals surface area contributed by atoms with Gasteiger partial charge in [-0.15, -0.1) is 11.3 Å². The molecule has 0 aliphatic rings. The van der Waals surface area contributed by atoms with Crippen molar-refractivity contribution in [1.29, 1.82) is 0 Å². The molecule has 0 fully saturated rings. The smallest absolute Gasteiger partial charge is 0.124 e. The molecule has 1 aromatic heterocycles. The number of aromatic hydroxyl groups is 1. The quantitative estimate of drug-likeness (QED) is 0.456. The van der Waals surface area contributed by atoms with Gasteiger partial charge >= 0.3 is 0 Å². The molecular formula is C26H32OS2. The van der Waals surface area contributed by atoms with Crippen LogP contribution in [-0.4, -0.2) is 5.11 Å². The maximum absolute atomic E-state index is 11.2. The lowest BCUT2D eigenvalue weighted by Crippen LogP contribution is -2.19. The van der Waals surface area contributed by atoms with Gasteiger partial charge in [-0.3, -0.25) is 0 Å². The number of phenolic OH excluding ortho intramolecular Hbond substituents is 1. The summed E-state index contributed by atoms with van der Waals surface area (Å²) in [5.41, 5.74) is 4.39. The Labute approximate surface area is 184 Å². The van der Waals surface area contributed by atoms with E-state index in [1.807, 2.05) is 0 Å². The zero-order valence-electron chi connectivity index (χ0n) is 18.6. The number of rotatable bonds is 4. The fraction of sp³-hybridized carbons (Fsp3) is 0.385. The van der Waals surface area contributed by atoms with Gasteiger partial charge in [0.05, 0.1) is 0 Å². The van der Waals surface area contributed by atoms with E-state index in [9.17, 15) is 5.11 Å². The first kappa shape index (κ1) is 22.0. The van der Waals surface area contributed by atoms with Gasteiger partial charge in [0.2, 0.25) is 0 Å². The minimum absolute atomic E-state index is 0.0958. The van der Waals surface area contributed by atoms with Gasteiger partial charge < -0.3 is 5.11 Å². The number of hydrogen-bond donors (Lipinski definition) is 1. The van der Waals surface area contributed by atoms with Gasteiger partial charge in [-0.25, -0.2) is 0 Å². The second-order valence-electron chi connectivity index (χ2n) is 9.80. The minimum atomic E-state index is -0.141. The van der Waals surface area contributed by atoms with Crippen LogP contribution in [0.2, 0.25) is 0 Å². The van der Waals surface area contributed by atoms with Crippen LogP contribution in [0.3, 0.4) is 0 Å². The van der Waals surface area contributed by atoms with Crippen LogP contribution in [0, 0.1) is 6.92 Å². The van der Waals surface area contributed by atoms with E-state index in [1.165, 1.54) is 25.8 Å². The first-order valence-corrected chi connectivity index (χ1v) is 11.8. The first-order valence-electron chi connectivity index (χ1n) is 10.1. The molecule has 0 aliphatic heterocycles. The molecule has 1 heterocycles. The SMILES string of the molecule is Cc1cc(C(C)(C)C)c(O)c(C(C)(C)C)c1Sc1ccc(Cc2cccs2)cc1. The number of phenols is 1. The lowest BCUT2D eigenvalue weighted by Gasteiger charge is -2.30. The summed E-state index contributed by atoms with van der Waals surface area (Å²) in [4.78, 5) is 3.77. The summed E-state index contributed by atoms with van der Waals surface area (Å²) in [6.45, 7) is 15.2. The Hall–Kier alpha value is -1.71. The predicted octanol–water partition coefficient (Wildman–Crippen LogP) is 8.10. The number of aryl methyl sites for hydroxylation is 1. The van der Waals surface area contributed by atoms with Gasteiger partial charge in [0, 0.05) is 26.7 Å². The van der Waals surface area contributed by atoms with Gasteiger partial charge in [0.1, 0.15) is 5.75 Å². The molecule has 0 saturated heterocycles. The van der Waals surface area contributed by atoms with Gasteiger partial charge in [0.25, 0.3) is 0 Å². The van der Waals surface area contributed by atoms with E-state index in [2.05, 4.69) is 96.3 Å². The highest BCUT2D eigenvalue weighted by Crippen LogP contribution is 2.47. The predicted molar refractivity (Wildman–Crippen MR) is 128 cm³/mol. The van der Waals surface area contributed by atoms with E-state index in [0.29, 0.717) is 5.75 Å². The van der Waals surface area contributed by atoms with Crippen LogP contribution in [-0.2, 0) is 17.3 Å². The molecule has 1 nitrogen and oxygen atoms in total. The molecule has 154 valence electrons. The van der Waals surface area contributed by atoms with Crippen LogP contribution in [0.5, 0.6) is 5.75 Å². The molecule has 2 aromatic carbocycles. The molecule has 0 unspecified atom stereocenters. The fourth-order valence-electron chi connectivity index (χ4n) is 3.60. The molecule has 0 aliphatic carbocycles. The summed E-state index contributed by atoms with van der Waals surface area (Å²) >= 11 is 3.56. The Morgan fingerprint density at radius 3 is 2.10 bits per heavy atom. The van der Waals surface area contributed by atoms with Crippen LogP contribution in [0.25, 0.3) is 0 Å². The first-order chi connectivity index (χ1) is 13.5. The molecule has 1 N–H and O–H groups in total. The van der Waals surface area contributed by atoms with Crippen molar-refractivity contribution in [2.45, 2.75) is 75.5 Å². The minimum Gasteiger partial charge on any atom is -0.507 e. The van der Waals surface area contributed by atoms with Crippen molar-refractivity contribution in [3.8, 4) is 5.75 Å². The third-order valence-corrected chi connectivity index (χ3v) is 7.21. The lowest BCUT2D eigenvalue weighted by atomic mass is 9.78. The van der Waals surface area contributed by atoms with E-state index in [1.54, 1.807) is 23.1 Å². The highest BCUT2D eigenvalue weighted by Gasteiger charge is 2.30. The van der Waals surface area contributed by atoms with Crippen LogP contribution in [0.15, 0.2) is 57.6 Å². The van der Waals surface area contributed by atoms with Crippen molar-refractivity contribution in [2.75, 3.05) is 0 Å². The standard InChI is InChI=1S/C26H32OS2/c1-17-15-21(25(2,3)4)23(27)22(26(5,6)7)24(17)29-19-12-10-18(11-13-19)16-20-9-8-14-28-20/h8-15,27H,16H2,1-7H3. The van der Waals surface area contributed by atoms with E-state index < -0.39 is 0 Å². The highest BCUT2D eigenvalue weighted by molar-refractivity contribution is 7.99. The van der Waals surface area contributed by atoms with Gasteiger partial charge in [-0.2, -0.15) is 0 Å². The molecule has 0 amide bonds. The number of hydrogen-bond acceptors (Lipinski definition) is 3. The van der Waals surface area contributed by atoms with Crippen LogP contribution in [0.4, 0.5) is 0 Å². The van der Waals surface area contributed by atoms with Crippen molar-refractivity contribution in [3.05, 3.63) is 75.0 Å². The summed E-state index contributed by atoms with van der Waals surface area (Å²) in [6, 6.07) is 15.3. The summed E-state index contributed by atoms with van der Waals surface area (Å²) < 4.78 is 0. The molecule has 0 bridgehead atoms. The Morgan fingerprint density at radius 1 is 0.931 bits per heavy atom. The normalized spacial score (nSPS) is 12.4. The Balaban J connectivity index is 1.97. The molecule has 0 spiro atoms. The summed E-state index contributed by atoms with van der Waals surface area (Å²) in [7, 11) is 0. The maximum atomic E-state index is 11.2. The lowest BCUT2D eigenvalue weighted by molar-refractivity contribution is 0.418. The van der Waals surface area contributed by atoms with Gasteiger partial charge in [-0.1, -0.05) is 77.6 Å². The highest BCUT2D eigenvalue weighted by atomic mass is 32.2. The van der Waals surface area contributed by atoms with E-state index in [0.717, 1.165) is 17.5 Å². The number of thiophene rings is 1. The number of benzene rings is 2. The molecule has 29 heavy (non-hydrogen) atoms.